The number of likely N-dealkylation sites (tertiary alicyclic amines) is 2. The summed E-state index contributed by atoms with van der Waals surface area (Å²) in [5.74, 6) is 1.45. The smallest absolute Gasteiger partial charge is 0.219 e. The Kier molecular flexibility index (Phi) is 5.58. The van der Waals surface area contributed by atoms with Crippen LogP contribution in [0.25, 0.3) is 0 Å². The molecule has 4 aliphatic heterocycles. The molecule has 0 aliphatic carbocycles. The van der Waals surface area contributed by atoms with Gasteiger partial charge in [-0.15, -0.1) is 5.48 Å². The third kappa shape index (κ3) is 4.14. The number of hydroxylamine groups is 1. The van der Waals surface area contributed by atoms with Crippen molar-refractivity contribution in [2.24, 2.45) is 16.8 Å². The van der Waals surface area contributed by atoms with Gasteiger partial charge in [0.25, 0.3) is 0 Å². The molecule has 4 aliphatic rings. The molecule has 1 aromatic carbocycles. The highest BCUT2D eigenvalue weighted by Crippen LogP contribution is 2.36. The van der Waals surface area contributed by atoms with Crippen LogP contribution in [0.5, 0.6) is 0 Å². The highest BCUT2D eigenvalue weighted by Gasteiger charge is 2.35. The van der Waals surface area contributed by atoms with Gasteiger partial charge in [0.1, 0.15) is 5.82 Å². The van der Waals surface area contributed by atoms with Gasteiger partial charge in [-0.1, -0.05) is 0 Å². The van der Waals surface area contributed by atoms with Crippen LogP contribution in [-0.4, -0.2) is 66.4 Å². The molecule has 2 saturated heterocycles. The number of aliphatic imine (C=N–C) groups is 1. The number of amides is 1. The summed E-state index contributed by atoms with van der Waals surface area (Å²) in [4.78, 5) is 26.5. The molecule has 9 heteroatoms. The Bertz CT molecular complexity index is 885. The van der Waals surface area contributed by atoms with Crippen molar-refractivity contribution in [1.29, 1.82) is 0 Å². The van der Waals surface area contributed by atoms with Crippen LogP contribution in [-0.2, 0) is 16.2 Å². The first kappa shape index (κ1) is 20.7. The van der Waals surface area contributed by atoms with Gasteiger partial charge in [-0.25, -0.2) is 14.4 Å². The lowest BCUT2D eigenvalue weighted by Crippen LogP contribution is -2.40. The van der Waals surface area contributed by atoms with Gasteiger partial charge in [-0.2, -0.15) is 0 Å². The molecule has 1 aromatic rings. The molecule has 8 nitrogen and oxygen atoms in total. The molecule has 168 valence electrons. The minimum Gasteiger partial charge on any atom is -0.391 e. The van der Waals surface area contributed by atoms with E-state index in [1.54, 1.807) is 13.0 Å². The number of halogens is 1. The number of fused-ring (bicyclic) bond motifs is 1. The van der Waals surface area contributed by atoms with Crippen molar-refractivity contribution >= 4 is 17.5 Å². The Morgan fingerprint density at radius 1 is 1.26 bits per heavy atom. The second-order valence-electron chi connectivity index (χ2n) is 9.24. The maximum absolute atomic E-state index is 14.7. The van der Waals surface area contributed by atoms with Crippen LogP contribution < -0.4 is 10.9 Å². The number of benzene rings is 1. The maximum Gasteiger partial charge on any atom is 0.219 e. The topological polar surface area (TPSA) is 72.4 Å². The van der Waals surface area contributed by atoms with Crippen LogP contribution in [0, 0.1) is 17.7 Å². The Balaban J connectivity index is 1.19. The summed E-state index contributed by atoms with van der Waals surface area (Å²) >= 11 is 0. The molecule has 0 bridgehead atoms. The first-order valence-electron chi connectivity index (χ1n) is 11.2. The third-order valence-electron chi connectivity index (χ3n) is 7.00. The minimum absolute atomic E-state index is 0.183. The zero-order chi connectivity index (χ0) is 21.5. The first-order valence-corrected chi connectivity index (χ1v) is 11.2. The zero-order valence-electron chi connectivity index (χ0n) is 18.2. The van der Waals surface area contributed by atoms with Crippen molar-refractivity contribution in [2.45, 2.75) is 38.9 Å². The molecule has 1 unspecified atom stereocenters. The van der Waals surface area contributed by atoms with Gasteiger partial charge in [0, 0.05) is 57.2 Å². The van der Waals surface area contributed by atoms with E-state index >= 15 is 0 Å². The van der Waals surface area contributed by atoms with E-state index in [4.69, 9.17) is 9.83 Å². The predicted molar refractivity (Wildman–Crippen MR) is 115 cm³/mol. The Morgan fingerprint density at radius 2 is 2.06 bits per heavy atom. The van der Waals surface area contributed by atoms with Gasteiger partial charge in [0.05, 0.1) is 5.69 Å². The van der Waals surface area contributed by atoms with E-state index < -0.39 is 6.17 Å². The number of piperidine rings is 1. The lowest BCUT2D eigenvalue weighted by molar-refractivity contribution is -0.127. The van der Waals surface area contributed by atoms with Crippen molar-refractivity contribution in [3.05, 3.63) is 29.1 Å². The number of carbonyl (C=O) groups excluding carboxylic acids is 1. The molecular formula is C22H31FN6O2. The van der Waals surface area contributed by atoms with E-state index in [2.05, 4.69) is 15.8 Å². The van der Waals surface area contributed by atoms with E-state index in [1.165, 1.54) is 6.07 Å². The van der Waals surface area contributed by atoms with Gasteiger partial charge in [0.2, 0.25) is 11.8 Å². The number of hydrazine groups is 1. The molecule has 2 N–H and O–H groups in total. The van der Waals surface area contributed by atoms with E-state index in [0.717, 1.165) is 63.2 Å². The molecular weight excluding hydrogens is 399 g/mol. The van der Waals surface area contributed by atoms with E-state index in [9.17, 15) is 9.18 Å². The molecule has 5 rings (SSSR count). The average molecular weight is 431 g/mol. The second kappa shape index (κ2) is 8.37. The van der Waals surface area contributed by atoms with Crippen molar-refractivity contribution in [1.82, 2.24) is 20.3 Å². The number of carbonyl (C=O) groups is 1. The fourth-order valence-corrected chi connectivity index (χ4v) is 5.29. The largest absolute Gasteiger partial charge is 0.391 e. The number of nitrogens with one attached hydrogen (secondary N) is 2. The standard InChI is InChI=1S/C22H31FN6O2/c1-14(30)29-10-5-15(12-29)11-28-8-6-16(7-9-28)22-24-21(26-31-22)20-17-13-27(2)25-19(17)4-3-18(20)23/h3-4,15-16,21,25-26H,5-13H2,1-2H3/t15-,21?/m0/s1. The summed E-state index contributed by atoms with van der Waals surface area (Å²) in [5, 5.41) is 1.93. The average Bonchev–Trinajstić information content (AvgIpc) is 3.48. The normalized spacial score (nSPS) is 27.2. The Morgan fingerprint density at radius 3 is 2.81 bits per heavy atom. The van der Waals surface area contributed by atoms with Crippen molar-refractivity contribution in [3.8, 4) is 0 Å². The summed E-state index contributed by atoms with van der Waals surface area (Å²) in [5.41, 5.74) is 8.60. The van der Waals surface area contributed by atoms with E-state index in [0.29, 0.717) is 23.9 Å². The highest BCUT2D eigenvalue weighted by molar-refractivity contribution is 5.80. The fraction of sp³-hybridized carbons (Fsp3) is 0.636. The number of rotatable bonds is 4. The Hall–Kier alpha value is -2.23. The fourth-order valence-electron chi connectivity index (χ4n) is 5.29. The zero-order valence-corrected chi connectivity index (χ0v) is 18.2. The second-order valence-corrected chi connectivity index (χ2v) is 9.24. The third-order valence-corrected chi connectivity index (χ3v) is 7.00. The molecule has 31 heavy (non-hydrogen) atoms. The minimum atomic E-state index is -0.507. The SMILES string of the molecule is CC(=O)N1CC[C@@H](CN2CCC(C3=NC(c4c(F)ccc5c4CN(C)N5)NO3)CC2)C1. The number of anilines is 1. The quantitative estimate of drug-likeness (QED) is 0.763. The summed E-state index contributed by atoms with van der Waals surface area (Å²) in [7, 11) is 1.94. The summed E-state index contributed by atoms with van der Waals surface area (Å²) in [6, 6.07) is 3.26. The number of hydrogen-bond acceptors (Lipinski definition) is 7. The summed E-state index contributed by atoms with van der Waals surface area (Å²) in [6.07, 6.45) is 2.55. The van der Waals surface area contributed by atoms with Gasteiger partial charge < -0.3 is 20.1 Å². The first-order chi connectivity index (χ1) is 15.0. The van der Waals surface area contributed by atoms with E-state index in [1.807, 2.05) is 17.0 Å². The van der Waals surface area contributed by atoms with Crippen LogP contribution in [0.15, 0.2) is 17.1 Å². The molecule has 0 radical (unpaired) electrons. The van der Waals surface area contributed by atoms with Crippen molar-refractivity contribution in [3.63, 3.8) is 0 Å². The lowest BCUT2D eigenvalue weighted by Gasteiger charge is -2.32. The van der Waals surface area contributed by atoms with Gasteiger partial charge >= 0.3 is 0 Å². The molecule has 0 spiro atoms. The number of hydrogen-bond donors (Lipinski definition) is 2. The van der Waals surface area contributed by atoms with Gasteiger partial charge in [-0.05, 0) is 50.4 Å². The predicted octanol–water partition coefficient (Wildman–Crippen LogP) is 2.11. The molecule has 1 amide bonds. The highest BCUT2D eigenvalue weighted by atomic mass is 19.1. The summed E-state index contributed by atoms with van der Waals surface area (Å²) < 4.78 is 14.7. The van der Waals surface area contributed by atoms with Crippen LogP contribution in [0.3, 0.4) is 0 Å². The van der Waals surface area contributed by atoms with Crippen LogP contribution in [0.4, 0.5) is 10.1 Å². The van der Waals surface area contributed by atoms with Crippen LogP contribution in [0.2, 0.25) is 0 Å². The van der Waals surface area contributed by atoms with E-state index in [-0.39, 0.29) is 17.6 Å². The molecule has 0 aromatic heterocycles. The van der Waals surface area contributed by atoms with Crippen LogP contribution >= 0.6 is 0 Å². The lowest BCUT2D eigenvalue weighted by atomic mass is 9.95. The van der Waals surface area contributed by atoms with Gasteiger partial charge in [-0.3, -0.25) is 4.79 Å². The maximum atomic E-state index is 14.7. The molecule has 2 atom stereocenters. The van der Waals surface area contributed by atoms with Gasteiger partial charge in [0.15, 0.2) is 6.17 Å². The van der Waals surface area contributed by atoms with Crippen LogP contribution in [0.1, 0.15) is 43.5 Å². The summed E-state index contributed by atoms with van der Waals surface area (Å²) in [6.45, 7) is 7.10. The van der Waals surface area contributed by atoms with Crippen molar-refractivity contribution in [2.75, 3.05) is 45.2 Å². The molecule has 4 heterocycles. The van der Waals surface area contributed by atoms with Crippen molar-refractivity contribution < 1.29 is 14.0 Å². The molecule has 2 fully saturated rings. The number of nitrogens with zero attached hydrogens (tertiary/aromatic N) is 4. The monoisotopic (exact) mass is 430 g/mol. The molecule has 0 saturated carbocycles. The Labute approximate surface area is 182 Å².